The summed E-state index contributed by atoms with van der Waals surface area (Å²) in [5.41, 5.74) is 4.40. The van der Waals surface area contributed by atoms with Gasteiger partial charge in [-0.25, -0.2) is 4.98 Å². The van der Waals surface area contributed by atoms with Crippen LogP contribution in [0.2, 0.25) is 0 Å². The molecule has 5 heteroatoms. The van der Waals surface area contributed by atoms with E-state index in [9.17, 15) is 4.79 Å². The van der Waals surface area contributed by atoms with Crippen molar-refractivity contribution in [3.05, 3.63) is 88.2 Å². The fourth-order valence-corrected chi connectivity index (χ4v) is 2.94. The van der Waals surface area contributed by atoms with E-state index in [1.807, 2.05) is 61.5 Å². The fraction of sp³-hybridized carbons (Fsp3) is 0.100. The molecule has 126 valence electrons. The summed E-state index contributed by atoms with van der Waals surface area (Å²) in [7, 11) is 0. The Morgan fingerprint density at radius 2 is 1.88 bits per heavy atom. The summed E-state index contributed by atoms with van der Waals surface area (Å²) < 4.78 is 0.984. The maximum atomic E-state index is 12.2. The number of carbonyl (C=O) groups excluding carboxylic acids is 1. The van der Waals surface area contributed by atoms with E-state index in [-0.39, 0.29) is 5.91 Å². The van der Waals surface area contributed by atoms with Crippen molar-refractivity contribution in [1.29, 1.82) is 0 Å². The van der Waals surface area contributed by atoms with Crippen LogP contribution in [0.15, 0.2) is 71.3 Å². The van der Waals surface area contributed by atoms with E-state index >= 15 is 0 Å². The van der Waals surface area contributed by atoms with Crippen LogP contribution in [-0.4, -0.2) is 10.9 Å². The molecular weight excluding hydrogens is 378 g/mol. The average molecular weight is 396 g/mol. The first kappa shape index (κ1) is 17.2. The van der Waals surface area contributed by atoms with Crippen molar-refractivity contribution in [3.8, 4) is 0 Å². The number of hydrogen-bond acceptors (Lipinski definition) is 3. The number of nitrogens with one attached hydrogen (secondary N) is 2. The number of anilines is 2. The Kier molecular flexibility index (Phi) is 5.46. The van der Waals surface area contributed by atoms with Crippen molar-refractivity contribution >= 4 is 33.2 Å². The monoisotopic (exact) mass is 395 g/mol. The molecular formula is C20H18BrN3O. The van der Waals surface area contributed by atoms with Crippen LogP contribution in [0.4, 0.5) is 11.4 Å². The number of aromatic nitrogens is 1. The highest BCUT2D eigenvalue weighted by atomic mass is 79.9. The van der Waals surface area contributed by atoms with Gasteiger partial charge in [-0.15, -0.1) is 0 Å². The van der Waals surface area contributed by atoms with Crippen LogP contribution in [0.1, 0.15) is 21.6 Å². The number of benzene rings is 2. The van der Waals surface area contributed by atoms with Gasteiger partial charge in [0.25, 0.3) is 5.91 Å². The normalized spacial score (nSPS) is 10.3. The zero-order valence-electron chi connectivity index (χ0n) is 13.8. The Bertz CT molecular complexity index is 864. The van der Waals surface area contributed by atoms with E-state index in [4.69, 9.17) is 0 Å². The number of pyridine rings is 1. The van der Waals surface area contributed by atoms with Gasteiger partial charge in [-0.2, -0.15) is 0 Å². The molecule has 3 aromatic rings. The summed E-state index contributed by atoms with van der Waals surface area (Å²) in [6, 6.07) is 19.4. The minimum absolute atomic E-state index is 0.188. The molecule has 3 rings (SSSR count). The number of halogens is 1. The minimum Gasteiger partial charge on any atom is -0.353 e. The Morgan fingerprint density at radius 3 is 2.56 bits per heavy atom. The minimum atomic E-state index is -0.188. The number of carbonyl (C=O) groups is 1. The second kappa shape index (κ2) is 7.94. The van der Waals surface area contributed by atoms with Gasteiger partial charge < -0.3 is 10.6 Å². The van der Waals surface area contributed by atoms with Gasteiger partial charge >= 0.3 is 0 Å². The molecule has 0 saturated heterocycles. The van der Waals surface area contributed by atoms with Crippen LogP contribution < -0.4 is 10.6 Å². The largest absolute Gasteiger partial charge is 0.353 e. The quantitative estimate of drug-likeness (QED) is 0.650. The standard InChI is InChI=1S/C20H18BrN3O/c1-14-7-9-18(17(21)11-14)24-16-8-10-19(22-13-16)20(25)23-12-15-5-3-2-4-6-15/h2-11,13,24H,12H2,1H3,(H,23,25). The Hall–Kier alpha value is -2.66. The van der Waals surface area contributed by atoms with Gasteiger partial charge in [0.2, 0.25) is 0 Å². The van der Waals surface area contributed by atoms with Gasteiger partial charge in [0, 0.05) is 11.0 Å². The molecule has 25 heavy (non-hydrogen) atoms. The van der Waals surface area contributed by atoms with Gasteiger partial charge in [0.05, 0.1) is 17.6 Å². The Morgan fingerprint density at radius 1 is 1.08 bits per heavy atom. The van der Waals surface area contributed by atoms with Crippen LogP contribution >= 0.6 is 15.9 Å². The zero-order chi connectivity index (χ0) is 17.6. The molecule has 0 saturated carbocycles. The molecule has 4 nitrogen and oxygen atoms in total. The summed E-state index contributed by atoms with van der Waals surface area (Å²) in [5, 5.41) is 6.15. The van der Waals surface area contributed by atoms with Crippen molar-refractivity contribution < 1.29 is 4.79 Å². The number of nitrogens with zero attached hydrogens (tertiary/aromatic N) is 1. The summed E-state index contributed by atoms with van der Waals surface area (Å²) in [6.45, 7) is 2.52. The number of hydrogen-bond donors (Lipinski definition) is 2. The predicted octanol–water partition coefficient (Wildman–Crippen LogP) is 4.83. The van der Waals surface area contributed by atoms with E-state index in [1.54, 1.807) is 12.3 Å². The molecule has 0 spiro atoms. The molecule has 0 aliphatic carbocycles. The molecule has 2 N–H and O–H groups in total. The molecule has 0 aliphatic rings. The van der Waals surface area contributed by atoms with Gasteiger partial charge in [-0.1, -0.05) is 36.4 Å². The van der Waals surface area contributed by atoms with Gasteiger partial charge in [-0.3, -0.25) is 4.79 Å². The molecule has 0 radical (unpaired) electrons. The van der Waals surface area contributed by atoms with Crippen LogP contribution in [0.5, 0.6) is 0 Å². The Labute approximate surface area is 155 Å². The highest BCUT2D eigenvalue weighted by Gasteiger charge is 2.07. The van der Waals surface area contributed by atoms with E-state index in [0.29, 0.717) is 12.2 Å². The highest BCUT2D eigenvalue weighted by Crippen LogP contribution is 2.26. The second-order valence-electron chi connectivity index (χ2n) is 5.71. The number of aryl methyl sites for hydroxylation is 1. The summed E-state index contributed by atoms with van der Waals surface area (Å²) in [5.74, 6) is -0.188. The predicted molar refractivity (Wildman–Crippen MR) is 104 cm³/mol. The van der Waals surface area contributed by atoms with E-state index < -0.39 is 0 Å². The summed E-state index contributed by atoms with van der Waals surface area (Å²) in [4.78, 5) is 16.4. The number of amides is 1. The lowest BCUT2D eigenvalue weighted by Gasteiger charge is -2.10. The van der Waals surface area contributed by atoms with E-state index in [1.165, 1.54) is 5.56 Å². The van der Waals surface area contributed by atoms with Crippen molar-refractivity contribution in [2.75, 3.05) is 5.32 Å². The van der Waals surface area contributed by atoms with Crippen molar-refractivity contribution in [2.24, 2.45) is 0 Å². The second-order valence-corrected chi connectivity index (χ2v) is 6.56. The molecule has 0 bridgehead atoms. The third-order valence-electron chi connectivity index (χ3n) is 3.70. The first-order valence-electron chi connectivity index (χ1n) is 7.93. The maximum Gasteiger partial charge on any atom is 0.270 e. The third-order valence-corrected chi connectivity index (χ3v) is 4.35. The van der Waals surface area contributed by atoms with Crippen molar-refractivity contribution in [3.63, 3.8) is 0 Å². The van der Waals surface area contributed by atoms with Gasteiger partial charge in [-0.05, 0) is 58.2 Å². The van der Waals surface area contributed by atoms with Crippen LogP contribution in [-0.2, 0) is 6.54 Å². The SMILES string of the molecule is Cc1ccc(Nc2ccc(C(=O)NCc3ccccc3)nc2)c(Br)c1. The van der Waals surface area contributed by atoms with E-state index in [2.05, 4.69) is 31.5 Å². The lowest BCUT2D eigenvalue weighted by molar-refractivity contribution is 0.0946. The first-order chi connectivity index (χ1) is 12.1. The van der Waals surface area contributed by atoms with E-state index in [0.717, 1.165) is 21.4 Å². The molecule has 0 unspecified atom stereocenters. The van der Waals surface area contributed by atoms with Gasteiger partial charge in [0.1, 0.15) is 5.69 Å². The summed E-state index contributed by atoms with van der Waals surface area (Å²) in [6.07, 6.45) is 1.66. The van der Waals surface area contributed by atoms with Crippen LogP contribution in [0.25, 0.3) is 0 Å². The van der Waals surface area contributed by atoms with Crippen molar-refractivity contribution in [1.82, 2.24) is 10.3 Å². The molecule has 2 aromatic carbocycles. The maximum absolute atomic E-state index is 12.2. The lowest BCUT2D eigenvalue weighted by atomic mass is 10.2. The fourth-order valence-electron chi connectivity index (χ4n) is 2.35. The average Bonchev–Trinajstić information content (AvgIpc) is 2.63. The smallest absolute Gasteiger partial charge is 0.270 e. The number of rotatable bonds is 5. The van der Waals surface area contributed by atoms with Crippen LogP contribution in [0, 0.1) is 6.92 Å². The van der Waals surface area contributed by atoms with Gasteiger partial charge in [0.15, 0.2) is 0 Å². The topological polar surface area (TPSA) is 54.0 Å². The molecule has 1 aromatic heterocycles. The molecule has 0 atom stereocenters. The van der Waals surface area contributed by atoms with Crippen molar-refractivity contribution in [2.45, 2.75) is 13.5 Å². The molecule has 0 aliphatic heterocycles. The molecule has 0 fully saturated rings. The lowest BCUT2D eigenvalue weighted by Crippen LogP contribution is -2.23. The third kappa shape index (κ3) is 4.67. The Balaban J connectivity index is 1.62. The highest BCUT2D eigenvalue weighted by molar-refractivity contribution is 9.10. The zero-order valence-corrected chi connectivity index (χ0v) is 15.4. The molecule has 1 amide bonds. The summed E-state index contributed by atoms with van der Waals surface area (Å²) >= 11 is 3.54. The van der Waals surface area contributed by atoms with Crippen LogP contribution in [0.3, 0.4) is 0 Å². The molecule has 1 heterocycles. The first-order valence-corrected chi connectivity index (χ1v) is 8.72.